The van der Waals surface area contributed by atoms with E-state index >= 15 is 0 Å². The minimum atomic E-state index is 0.326. The van der Waals surface area contributed by atoms with Crippen molar-refractivity contribution in [3.05, 3.63) is 58.3 Å². The second-order valence-corrected chi connectivity index (χ2v) is 6.39. The van der Waals surface area contributed by atoms with Gasteiger partial charge in [0.15, 0.2) is 0 Å². The Morgan fingerprint density at radius 3 is 2.60 bits per heavy atom. The Morgan fingerprint density at radius 2 is 2.00 bits per heavy atom. The molecule has 0 saturated heterocycles. The number of likely N-dealkylation sites (N-methyl/N-ethyl adjacent to an activating group) is 1. The molecule has 1 N–H and O–H groups in total. The second-order valence-electron chi connectivity index (χ2n) is 4.60. The molecule has 0 amide bonds. The van der Waals surface area contributed by atoms with Crippen LogP contribution in [0.2, 0.25) is 0 Å². The van der Waals surface area contributed by atoms with Crippen LogP contribution >= 0.6 is 27.7 Å². The molecule has 4 heteroatoms. The minimum absolute atomic E-state index is 0.326. The molecule has 2 aromatic rings. The maximum atomic E-state index is 4.24. The summed E-state index contributed by atoms with van der Waals surface area (Å²) < 4.78 is 1.03. The van der Waals surface area contributed by atoms with Gasteiger partial charge in [0, 0.05) is 27.8 Å². The molecule has 1 aromatic carbocycles. The zero-order valence-corrected chi connectivity index (χ0v) is 14.2. The van der Waals surface area contributed by atoms with E-state index in [1.165, 1.54) is 16.0 Å². The third-order valence-electron chi connectivity index (χ3n) is 3.17. The van der Waals surface area contributed by atoms with Gasteiger partial charge in [-0.05, 0) is 64.5 Å². The van der Waals surface area contributed by atoms with Crippen molar-refractivity contribution in [2.45, 2.75) is 24.3 Å². The van der Waals surface area contributed by atoms with Gasteiger partial charge in [0.25, 0.3) is 0 Å². The molecule has 0 aliphatic heterocycles. The van der Waals surface area contributed by atoms with E-state index in [-0.39, 0.29) is 0 Å². The van der Waals surface area contributed by atoms with Crippen LogP contribution in [0.4, 0.5) is 0 Å². The third-order valence-corrected chi connectivity index (χ3v) is 4.35. The van der Waals surface area contributed by atoms with Crippen LogP contribution in [0.3, 0.4) is 0 Å². The van der Waals surface area contributed by atoms with Gasteiger partial charge in [-0.1, -0.05) is 19.1 Å². The topological polar surface area (TPSA) is 24.9 Å². The molecule has 0 radical (unpaired) electrons. The van der Waals surface area contributed by atoms with Crippen molar-refractivity contribution in [1.29, 1.82) is 0 Å². The first-order chi connectivity index (χ1) is 9.72. The van der Waals surface area contributed by atoms with Crippen molar-refractivity contribution in [3.8, 4) is 0 Å². The fourth-order valence-corrected chi connectivity index (χ4v) is 3.01. The van der Waals surface area contributed by atoms with Gasteiger partial charge in [0.2, 0.25) is 0 Å². The zero-order valence-electron chi connectivity index (χ0n) is 11.8. The standard InChI is InChI=1S/C16H19BrN2S/c1-3-19-16(9-12-8-14(17)11-18-10-12)13-4-6-15(20-2)7-5-13/h4-8,10-11,16,19H,3,9H2,1-2H3. The summed E-state index contributed by atoms with van der Waals surface area (Å²) in [5, 5.41) is 3.55. The number of halogens is 1. The first kappa shape index (κ1) is 15.5. The summed E-state index contributed by atoms with van der Waals surface area (Å²) in [6.07, 6.45) is 6.80. The fraction of sp³-hybridized carbons (Fsp3) is 0.312. The number of nitrogens with zero attached hydrogens (tertiary/aromatic N) is 1. The molecule has 0 saturated carbocycles. The highest BCUT2D eigenvalue weighted by Crippen LogP contribution is 2.22. The predicted molar refractivity (Wildman–Crippen MR) is 90.3 cm³/mol. The van der Waals surface area contributed by atoms with Crippen LogP contribution in [0.1, 0.15) is 24.1 Å². The number of benzene rings is 1. The van der Waals surface area contributed by atoms with Crippen LogP contribution in [-0.4, -0.2) is 17.8 Å². The Bertz CT molecular complexity index is 542. The van der Waals surface area contributed by atoms with Gasteiger partial charge in [0.05, 0.1) is 0 Å². The Labute approximate surface area is 133 Å². The summed E-state index contributed by atoms with van der Waals surface area (Å²) in [6.45, 7) is 3.10. The highest BCUT2D eigenvalue weighted by Gasteiger charge is 2.11. The molecule has 20 heavy (non-hydrogen) atoms. The van der Waals surface area contributed by atoms with Crippen molar-refractivity contribution in [3.63, 3.8) is 0 Å². The van der Waals surface area contributed by atoms with Crippen molar-refractivity contribution in [2.75, 3.05) is 12.8 Å². The molecular weight excluding hydrogens is 332 g/mol. The molecule has 1 heterocycles. The summed E-state index contributed by atoms with van der Waals surface area (Å²) in [7, 11) is 0. The molecule has 1 unspecified atom stereocenters. The Morgan fingerprint density at radius 1 is 1.25 bits per heavy atom. The molecule has 0 aliphatic rings. The SMILES string of the molecule is CCNC(Cc1cncc(Br)c1)c1ccc(SC)cc1. The summed E-state index contributed by atoms with van der Waals surface area (Å²) in [6, 6.07) is 11.3. The van der Waals surface area contributed by atoms with Gasteiger partial charge < -0.3 is 5.32 Å². The van der Waals surface area contributed by atoms with E-state index in [0.29, 0.717) is 6.04 Å². The van der Waals surface area contributed by atoms with E-state index < -0.39 is 0 Å². The summed E-state index contributed by atoms with van der Waals surface area (Å²) >= 11 is 5.25. The lowest BCUT2D eigenvalue weighted by Crippen LogP contribution is -2.23. The number of nitrogens with one attached hydrogen (secondary N) is 1. The first-order valence-electron chi connectivity index (χ1n) is 6.69. The van der Waals surface area contributed by atoms with E-state index in [9.17, 15) is 0 Å². The summed E-state index contributed by atoms with van der Waals surface area (Å²) in [5.74, 6) is 0. The zero-order chi connectivity index (χ0) is 14.4. The molecule has 0 aliphatic carbocycles. The summed E-state index contributed by atoms with van der Waals surface area (Å²) in [5.41, 5.74) is 2.56. The molecular formula is C16H19BrN2S. The number of thioether (sulfide) groups is 1. The van der Waals surface area contributed by atoms with E-state index in [1.54, 1.807) is 11.8 Å². The Hall–Kier alpha value is -0.840. The predicted octanol–water partition coefficient (Wildman–Crippen LogP) is 4.46. The quantitative estimate of drug-likeness (QED) is 0.778. The van der Waals surface area contributed by atoms with Gasteiger partial charge in [-0.3, -0.25) is 4.98 Å². The average Bonchev–Trinajstić information content (AvgIpc) is 2.47. The molecule has 1 atom stereocenters. The monoisotopic (exact) mass is 350 g/mol. The van der Waals surface area contributed by atoms with E-state index in [1.807, 2.05) is 12.4 Å². The smallest absolute Gasteiger partial charge is 0.0410 e. The maximum Gasteiger partial charge on any atom is 0.0410 e. The number of aromatic nitrogens is 1. The number of rotatable bonds is 6. The normalized spacial score (nSPS) is 12.3. The van der Waals surface area contributed by atoms with Gasteiger partial charge in [-0.25, -0.2) is 0 Å². The fourth-order valence-electron chi connectivity index (χ4n) is 2.19. The summed E-state index contributed by atoms with van der Waals surface area (Å²) in [4.78, 5) is 5.54. The highest BCUT2D eigenvalue weighted by atomic mass is 79.9. The van der Waals surface area contributed by atoms with Crippen LogP contribution in [0.5, 0.6) is 0 Å². The molecule has 1 aromatic heterocycles. The molecule has 0 bridgehead atoms. The van der Waals surface area contributed by atoms with Crippen LogP contribution in [-0.2, 0) is 6.42 Å². The minimum Gasteiger partial charge on any atom is -0.310 e. The lowest BCUT2D eigenvalue weighted by molar-refractivity contribution is 0.549. The molecule has 2 nitrogen and oxygen atoms in total. The van der Waals surface area contributed by atoms with Crippen molar-refractivity contribution < 1.29 is 0 Å². The largest absolute Gasteiger partial charge is 0.310 e. The van der Waals surface area contributed by atoms with E-state index in [2.05, 4.69) is 69.7 Å². The Kier molecular flexibility index (Phi) is 6.07. The number of hydrogen-bond acceptors (Lipinski definition) is 3. The van der Waals surface area contributed by atoms with Crippen LogP contribution < -0.4 is 5.32 Å². The number of hydrogen-bond donors (Lipinski definition) is 1. The van der Waals surface area contributed by atoms with Crippen LogP contribution in [0.15, 0.2) is 52.1 Å². The third kappa shape index (κ3) is 4.33. The molecule has 0 fully saturated rings. The highest BCUT2D eigenvalue weighted by molar-refractivity contribution is 9.10. The average molecular weight is 351 g/mol. The lowest BCUT2D eigenvalue weighted by atomic mass is 10.00. The van der Waals surface area contributed by atoms with Gasteiger partial charge in [0.1, 0.15) is 0 Å². The van der Waals surface area contributed by atoms with E-state index in [0.717, 1.165) is 17.4 Å². The van der Waals surface area contributed by atoms with Gasteiger partial charge in [-0.15, -0.1) is 11.8 Å². The van der Waals surface area contributed by atoms with Gasteiger partial charge >= 0.3 is 0 Å². The van der Waals surface area contributed by atoms with Crippen molar-refractivity contribution >= 4 is 27.7 Å². The van der Waals surface area contributed by atoms with Crippen molar-refractivity contribution in [1.82, 2.24) is 10.3 Å². The van der Waals surface area contributed by atoms with Crippen LogP contribution in [0.25, 0.3) is 0 Å². The Balaban J connectivity index is 2.17. The second kappa shape index (κ2) is 7.81. The van der Waals surface area contributed by atoms with E-state index in [4.69, 9.17) is 0 Å². The maximum absolute atomic E-state index is 4.24. The first-order valence-corrected chi connectivity index (χ1v) is 8.71. The lowest BCUT2D eigenvalue weighted by Gasteiger charge is -2.19. The van der Waals surface area contributed by atoms with Crippen LogP contribution in [0, 0.1) is 0 Å². The van der Waals surface area contributed by atoms with Gasteiger partial charge in [-0.2, -0.15) is 0 Å². The molecule has 0 spiro atoms. The van der Waals surface area contributed by atoms with Crippen molar-refractivity contribution in [2.24, 2.45) is 0 Å². The molecule has 2 rings (SSSR count). The number of pyridine rings is 1. The molecule has 106 valence electrons.